The van der Waals surface area contributed by atoms with Gasteiger partial charge >= 0.3 is 5.97 Å². The lowest BCUT2D eigenvalue weighted by molar-refractivity contribution is -0.151. The molecular formula is C12H15FO3. The van der Waals surface area contributed by atoms with E-state index in [0.717, 1.165) is 0 Å². The van der Waals surface area contributed by atoms with Crippen molar-refractivity contribution in [2.75, 3.05) is 6.61 Å². The number of benzene rings is 1. The van der Waals surface area contributed by atoms with E-state index in [2.05, 4.69) is 0 Å². The second-order valence-corrected chi connectivity index (χ2v) is 3.54. The first-order valence-electron chi connectivity index (χ1n) is 5.16. The van der Waals surface area contributed by atoms with Crippen molar-refractivity contribution in [2.24, 2.45) is 5.92 Å². The number of esters is 1. The maximum Gasteiger partial charge on any atom is 0.311 e. The van der Waals surface area contributed by atoms with Crippen molar-refractivity contribution in [2.45, 2.75) is 20.0 Å². The number of carbonyl (C=O) groups is 1. The molecule has 3 nitrogen and oxygen atoms in total. The molecule has 0 aromatic heterocycles. The molecule has 0 bridgehead atoms. The highest BCUT2D eigenvalue weighted by Crippen LogP contribution is 2.22. The first kappa shape index (κ1) is 12.6. The van der Waals surface area contributed by atoms with Gasteiger partial charge in [0.2, 0.25) is 0 Å². The maximum atomic E-state index is 12.7. The van der Waals surface area contributed by atoms with E-state index in [9.17, 15) is 14.3 Å². The molecule has 0 amide bonds. The highest BCUT2D eigenvalue weighted by molar-refractivity contribution is 5.72. The van der Waals surface area contributed by atoms with Crippen LogP contribution in [-0.2, 0) is 9.53 Å². The molecule has 0 aliphatic carbocycles. The number of rotatable bonds is 4. The van der Waals surface area contributed by atoms with E-state index in [0.29, 0.717) is 5.56 Å². The van der Waals surface area contributed by atoms with Crippen LogP contribution in [-0.4, -0.2) is 17.7 Å². The zero-order chi connectivity index (χ0) is 12.1. The average Bonchev–Trinajstić information content (AvgIpc) is 2.28. The summed E-state index contributed by atoms with van der Waals surface area (Å²) >= 11 is 0. The van der Waals surface area contributed by atoms with Crippen LogP contribution in [0.5, 0.6) is 0 Å². The standard InChI is InChI=1S/C12H15FO3/c1-3-16-12(15)8(2)11(14)9-4-6-10(13)7-5-9/h4-8,11,14H,3H2,1-2H3. The molecule has 1 aromatic carbocycles. The van der Waals surface area contributed by atoms with Gasteiger partial charge in [0.25, 0.3) is 0 Å². The van der Waals surface area contributed by atoms with Crippen LogP contribution in [0.25, 0.3) is 0 Å². The largest absolute Gasteiger partial charge is 0.466 e. The minimum Gasteiger partial charge on any atom is -0.466 e. The summed E-state index contributed by atoms with van der Waals surface area (Å²) in [5, 5.41) is 9.85. The normalized spacial score (nSPS) is 14.2. The Morgan fingerprint density at radius 1 is 1.44 bits per heavy atom. The summed E-state index contributed by atoms with van der Waals surface area (Å²) in [6.07, 6.45) is -0.973. The van der Waals surface area contributed by atoms with Gasteiger partial charge in [0, 0.05) is 0 Å². The highest BCUT2D eigenvalue weighted by Gasteiger charge is 2.24. The van der Waals surface area contributed by atoms with Gasteiger partial charge in [-0.1, -0.05) is 12.1 Å². The molecule has 4 heteroatoms. The number of hydrogen-bond donors (Lipinski definition) is 1. The summed E-state index contributed by atoms with van der Waals surface area (Å²) in [6.45, 7) is 3.56. The third-order valence-electron chi connectivity index (χ3n) is 2.34. The number of ether oxygens (including phenoxy) is 1. The van der Waals surface area contributed by atoms with Crippen molar-refractivity contribution in [3.63, 3.8) is 0 Å². The SMILES string of the molecule is CCOC(=O)C(C)C(O)c1ccc(F)cc1. The maximum absolute atomic E-state index is 12.7. The zero-order valence-electron chi connectivity index (χ0n) is 9.31. The van der Waals surface area contributed by atoms with E-state index in [1.165, 1.54) is 24.3 Å². The number of hydrogen-bond acceptors (Lipinski definition) is 3. The Morgan fingerprint density at radius 2 is 2.00 bits per heavy atom. The van der Waals surface area contributed by atoms with Gasteiger partial charge in [-0.3, -0.25) is 4.79 Å². The Balaban J connectivity index is 2.73. The molecule has 0 heterocycles. The molecule has 88 valence electrons. The number of aliphatic hydroxyl groups excluding tert-OH is 1. The van der Waals surface area contributed by atoms with Crippen LogP contribution in [0.3, 0.4) is 0 Å². The zero-order valence-corrected chi connectivity index (χ0v) is 9.31. The van der Waals surface area contributed by atoms with Crippen LogP contribution in [0, 0.1) is 11.7 Å². The lowest BCUT2D eigenvalue weighted by Gasteiger charge is -2.17. The average molecular weight is 226 g/mol. The summed E-state index contributed by atoms with van der Waals surface area (Å²) in [4.78, 5) is 11.4. The lowest BCUT2D eigenvalue weighted by atomic mass is 9.97. The first-order chi connectivity index (χ1) is 7.56. The Labute approximate surface area is 93.9 Å². The van der Waals surface area contributed by atoms with Crippen molar-refractivity contribution in [3.8, 4) is 0 Å². The summed E-state index contributed by atoms with van der Waals surface area (Å²) in [5.74, 6) is -1.50. The number of carbonyl (C=O) groups excluding carboxylic acids is 1. The molecule has 0 saturated carbocycles. The van der Waals surface area contributed by atoms with Crippen molar-refractivity contribution in [3.05, 3.63) is 35.6 Å². The molecular weight excluding hydrogens is 211 g/mol. The third kappa shape index (κ3) is 3.03. The van der Waals surface area contributed by atoms with Crippen LogP contribution < -0.4 is 0 Å². The molecule has 0 radical (unpaired) electrons. The van der Waals surface area contributed by atoms with E-state index in [1.54, 1.807) is 13.8 Å². The Hall–Kier alpha value is -1.42. The van der Waals surface area contributed by atoms with Crippen LogP contribution in [0.1, 0.15) is 25.5 Å². The second kappa shape index (κ2) is 5.61. The van der Waals surface area contributed by atoms with Gasteiger partial charge in [0.05, 0.1) is 18.6 Å². The summed E-state index contributed by atoms with van der Waals surface area (Å²) in [5.41, 5.74) is 0.502. The molecule has 2 unspecified atom stereocenters. The van der Waals surface area contributed by atoms with E-state index in [-0.39, 0.29) is 12.4 Å². The molecule has 0 saturated heterocycles. The molecule has 1 N–H and O–H groups in total. The molecule has 0 fully saturated rings. The topological polar surface area (TPSA) is 46.5 Å². The molecule has 1 aromatic rings. The smallest absolute Gasteiger partial charge is 0.311 e. The molecule has 16 heavy (non-hydrogen) atoms. The van der Waals surface area contributed by atoms with Crippen LogP contribution >= 0.6 is 0 Å². The number of halogens is 1. The van der Waals surface area contributed by atoms with Gasteiger partial charge in [-0.15, -0.1) is 0 Å². The predicted molar refractivity (Wildman–Crippen MR) is 57.2 cm³/mol. The van der Waals surface area contributed by atoms with Gasteiger partial charge in [-0.05, 0) is 31.5 Å². The minimum atomic E-state index is -0.973. The summed E-state index contributed by atoms with van der Waals surface area (Å²) in [7, 11) is 0. The molecule has 0 spiro atoms. The second-order valence-electron chi connectivity index (χ2n) is 3.54. The first-order valence-corrected chi connectivity index (χ1v) is 5.16. The lowest BCUT2D eigenvalue weighted by Crippen LogP contribution is -2.21. The predicted octanol–water partition coefficient (Wildman–Crippen LogP) is 2.06. The fraction of sp³-hybridized carbons (Fsp3) is 0.417. The van der Waals surface area contributed by atoms with E-state index in [1.807, 2.05) is 0 Å². The quantitative estimate of drug-likeness (QED) is 0.799. The number of aliphatic hydroxyl groups is 1. The Bertz CT molecular complexity index is 348. The Morgan fingerprint density at radius 3 is 2.50 bits per heavy atom. The van der Waals surface area contributed by atoms with Crippen LogP contribution in [0.2, 0.25) is 0 Å². The fourth-order valence-electron chi connectivity index (χ4n) is 1.35. The van der Waals surface area contributed by atoms with Gasteiger partial charge in [0.15, 0.2) is 0 Å². The third-order valence-corrected chi connectivity index (χ3v) is 2.34. The summed E-state index contributed by atoms with van der Waals surface area (Å²) < 4.78 is 17.5. The van der Waals surface area contributed by atoms with E-state index in [4.69, 9.17) is 4.74 Å². The van der Waals surface area contributed by atoms with Crippen LogP contribution in [0.4, 0.5) is 4.39 Å². The molecule has 2 atom stereocenters. The summed E-state index contributed by atoms with van der Waals surface area (Å²) in [6, 6.07) is 5.40. The van der Waals surface area contributed by atoms with Crippen molar-refractivity contribution in [1.29, 1.82) is 0 Å². The highest BCUT2D eigenvalue weighted by atomic mass is 19.1. The van der Waals surface area contributed by atoms with E-state index >= 15 is 0 Å². The molecule has 1 rings (SSSR count). The van der Waals surface area contributed by atoms with Crippen molar-refractivity contribution < 1.29 is 19.0 Å². The fourth-order valence-corrected chi connectivity index (χ4v) is 1.35. The van der Waals surface area contributed by atoms with Gasteiger partial charge in [-0.25, -0.2) is 4.39 Å². The van der Waals surface area contributed by atoms with Crippen molar-refractivity contribution >= 4 is 5.97 Å². The van der Waals surface area contributed by atoms with Crippen molar-refractivity contribution in [1.82, 2.24) is 0 Å². The van der Waals surface area contributed by atoms with Crippen LogP contribution in [0.15, 0.2) is 24.3 Å². The molecule has 0 aliphatic rings. The monoisotopic (exact) mass is 226 g/mol. The van der Waals surface area contributed by atoms with Gasteiger partial charge in [0.1, 0.15) is 5.82 Å². The Kier molecular flexibility index (Phi) is 4.43. The minimum absolute atomic E-state index is 0.277. The van der Waals surface area contributed by atoms with Gasteiger partial charge < -0.3 is 9.84 Å². The van der Waals surface area contributed by atoms with Gasteiger partial charge in [-0.2, -0.15) is 0 Å². The van der Waals surface area contributed by atoms with E-state index < -0.39 is 18.0 Å². The molecule has 0 aliphatic heterocycles.